The summed E-state index contributed by atoms with van der Waals surface area (Å²) in [6.45, 7) is 0.940. The molecule has 0 fully saturated rings. The molecule has 0 saturated heterocycles. The van der Waals surface area contributed by atoms with Crippen LogP contribution in [0.1, 0.15) is 24.4 Å². The van der Waals surface area contributed by atoms with Crippen molar-refractivity contribution in [1.29, 1.82) is 0 Å². The Balaban J connectivity index is 2.22. The summed E-state index contributed by atoms with van der Waals surface area (Å²) in [6, 6.07) is 8.00. The third-order valence-electron chi connectivity index (χ3n) is 3.53. The molecule has 110 valence electrons. The molecule has 0 N–H and O–H groups in total. The first-order valence-electron chi connectivity index (χ1n) is 6.86. The number of amides is 1. The van der Waals surface area contributed by atoms with Crippen LogP contribution in [-0.2, 0) is 9.63 Å². The zero-order chi connectivity index (χ0) is 14.5. The number of hydrogen-bond donors (Lipinski definition) is 0. The second-order valence-electron chi connectivity index (χ2n) is 5.09. The quantitative estimate of drug-likeness (QED) is 0.788. The second kappa shape index (κ2) is 6.72. The fourth-order valence-electron chi connectivity index (χ4n) is 2.38. The maximum absolute atomic E-state index is 11.9. The topological polar surface area (TPSA) is 42.0 Å². The lowest BCUT2D eigenvalue weighted by Crippen LogP contribution is -2.38. The van der Waals surface area contributed by atoms with E-state index in [-0.39, 0.29) is 18.5 Å². The standard InChI is InChI=1S/C15H22N2O3/c1-16(2)15(18)11-17(19-3)13-8-6-10-20-14-9-5-4-7-12(13)14/h4-5,7,9,13H,6,8,10-11H2,1-3H3/t13-/m0/s1. The van der Waals surface area contributed by atoms with Gasteiger partial charge in [0.1, 0.15) is 12.3 Å². The average molecular weight is 278 g/mol. The third kappa shape index (κ3) is 3.29. The van der Waals surface area contributed by atoms with E-state index < -0.39 is 0 Å². The van der Waals surface area contributed by atoms with Gasteiger partial charge in [-0.3, -0.25) is 4.79 Å². The minimum atomic E-state index is 0.0227. The Morgan fingerprint density at radius 2 is 2.15 bits per heavy atom. The largest absolute Gasteiger partial charge is 0.493 e. The van der Waals surface area contributed by atoms with Gasteiger partial charge >= 0.3 is 0 Å². The van der Waals surface area contributed by atoms with Crippen molar-refractivity contribution in [2.24, 2.45) is 0 Å². The zero-order valence-electron chi connectivity index (χ0n) is 12.3. The maximum Gasteiger partial charge on any atom is 0.238 e. The van der Waals surface area contributed by atoms with Crippen molar-refractivity contribution in [2.75, 3.05) is 34.4 Å². The summed E-state index contributed by atoms with van der Waals surface area (Å²) in [4.78, 5) is 19.0. The van der Waals surface area contributed by atoms with Gasteiger partial charge in [-0.2, -0.15) is 5.06 Å². The van der Waals surface area contributed by atoms with E-state index in [2.05, 4.69) is 0 Å². The maximum atomic E-state index is 11.9. The second-order valence-corrected chi connectivity index (χ2v) is 5.09. The van der Waals surface area contributed by atoms with E-state index in [1.165, 1.54) is 0 Å². The molecule has 5 heteroatoms. The summed E-state index contributed by atoms with van der Waals surface area (Å²) < 4.78 is 5.75. The number of para-hydroxylation sites is 1. The lowest BCUT2D eigenvalue weighted by Gasteiger charge is -2.29. The van der Waals surface area contributed by atoms with Crippen molar-refractivity contribution in [3.8, 4) is 5.75 Å². The molecule has 0 aliphatic carbocycles. The van der Waals surface area contributed by atoms with Gasteiger partial charge in [0.15, 0.2) is 0 Å². The van der Waals surface area contributed by atoms with Gasteiger partial charge in [-0.1, -0.05) is 18.2 Å². The van der Waals surface area contributed by atoms with E-state index in [9.17, 15) is 4.79 Å². The van der Waals surface area contributed by atoms with Crippen LogP contribution in [-0.4, -0.2) is 50.2 Å². The monoisotopic (exact) mass is 278 g/mol. The van der Waals surface area contributed by atoms with Gasteiger partial charge in [-0.25, -0.2) is 0 Å². The molecule has 0 aromatic heterocycles. The molecular formula is C15H22N2O3. The summed E-state index contributed by atoms with van der Waals surface area (Å²) in [5, 5.41) is 1.75. The van der Waals surface area contributed by atoms with Gasteiger partial charge in [0.05, 0.1) is 19.8 Å². The fourth-order valence-corrected chi connectivity index (χ4v) is 2.38. The lowest BCUT2D eigenvalue weighted by molar-refractivity contribution is -0.176. The van der Waals surface area contributed by atoms with Crippen molar-refractivity contribution in [3.63, 3.8) is 0 Å². The smallest absolute Gasteiger partial charge is 0.238 e. The molecule has 2 rings (SSSR count). The van der Waals surface area contributed by atoms with Gasteiger partial charge in [0.25, 0.3) is 0 Å². The molecule has 1 heterocycles. The molecule has 0 radical (unpaired) electrons. The molecule has 5 nitrogen and oxygen atoms in total. The van der Waals surface area contributed by atoms with E-state index in [4.69, 9.17) is 9.57 Å². The zero-order valence-corrected chi connectivity index (χ0v) is 12.3. The molecule has 0 saturated carbocycles. The molecule has 1 aromatic rings. The van der Waals surface area contributed by atoms with Crippen molar-refractivity contribution >= 4 is 5.91 Å². The van der Waals surface area contributed by atoms with Crippen LogP contribution in [0.3, 0.4) is 0 Å². The van der Waals surface area contributed by atoms with Crippen LogP contribution in [0.2, 0.25) is 0 Å². The van der Waals surface area contributed by atoms with Crippen molar-refractivity contribution in [1.82, 2.24) is 9.96 Å². The molecule has 1 aliphatic heterocycles. The number of carbonyl (C=O) groups excluding carboxylic acids is 1. The van der Waals surface area contributed by atoms with Crippen LogP contribution in [0.5, 0.6) is 5.75 Å². The van der Waals surface area contributed by atoms with E-state index in [0.717, 1.165) is 24.2 Å². The molecule has 1 atom stereocenters. The van der Waals surface area contributed by atoms with Gasteiger partial charge in [0.2, 0.25) is 5.91 Å². The SMILES string of the molecule is CON(CC(=O)N(C)C)[C@H]1CCCOc2ccccc21. The number of ether oxygens (including phenoxy) is 1. The lowest BCUT2D eigenvalue weighted by atomic mass is 10.0. The number of fused-ring (bicyclic) bond motifs is 1. The summed E-state index contributed by atoms with van der Waals surface area (Å²) in [7, 11) is 5.11. The average Bonchev–Trinajstić information content (AvgIpc) is 2.66. The molecule has 1 aromatic carbocycles. The van der Waals surface area contributed by atoms with Crippen LogP contribution in [0.4, 0.5) is 0 Å². The van der Waals surface area contributed by atoms with Gasteiger partial charge < -0.3 is 14.5 Å². The number of hydroxylamine groups is 2. The summed E-state index contributed by atoms with van der Waals surface area (Å²) >= 11 is 0. The van der Waals surface area contributed by atoms with Crippen LogP contribution >= 0.6 is 0 Å². The van der Waals surface area contributed by atoms with Crippen LogP contribution in [0.15, 0.2) is 24.3 Å². The van der Waals surface area contributed by atoms with Crippen LogP contribution < -0.4 is 4.74 Å². The van der Waals surface area contributed by atoms with Crippen LogP contribution in [0.25, 0.3) is 0 Å². The fraction of sp³-hybridized carbons (Fsp3) is 0.533. The first-order chi connectivity index (χ1) is 9.63. The predicted octanol–water partition coefficient (Wildman–Crippen LogP) is 1.85. The normalized spacial score (nSPS) is 18.1. The van der Waals surface area contributed by atoms with Crippen LogP contribution in [0, 0.1) is 0 Å². The number of hydrogen-bond acceptors (Lipinski definition) is 4. The van der Waals surface area contributed by atoms with E-state index >= 15 is 0 Å². The van der Waals surface area contributed by atoms with Crippen molar-refractivity contribution in [2.45, 2.75) is 18.9 Å². The Labute approximate surface area is 120 Å². The summed E-state index contributed by atoms with van der Waals surface area (Å²) in [5.74, 6) is 0.906. The number of carbonyl (C=O) groups is 1. The first-order valence-corrected chi connectivity index (χ1v) is 6.86. The molecule has 1 aliphatic rings. The van der Waals surface area contributed by atoms with Crippen molar-refractivity contribution < 1.29 is 14.4 Å². The third-order valence-corrected chi connectivity index (χ3v) is 3.53. The molecule has 1 amide bonds. The molecule has 0 bridgehead atoms. The van der Waals surface area contributed by atoms with E-state index in [1.54, 1.807) is 31.2 Å². The van der Waals surface area contributed by atoms with Gasteiger partial charge in [-0.05, 0) is 18.9 Å². The molecule has 0 unspecified atom stereocenters. The van der Waals surface area contributed by atoms with Crippen molar-refractivity contribution in [3.05, 3.63) is 29.8 Å². The molecule has 20 heavy (non-hydrogen) atoms. The Bertz CT molecular complexity index is 462. The highest BCUT2D eigenvalue weighted by Crippen LogP contribution is 2.35. The highest BCUT2D eigenvalue weighted by Gasteiger charge is 2.27. The number of likely N-dealkylation sites (N-methyl/N-ethyl adjacent to an activating group) is 1. The summed E-state index contributed by atoms with van der Waals surface area (Å²) in [6.07, 6.45) is 1.85. The number of rotatable bonds is 4. The van der Waals surface area contributed by atoms with E-state index in [1.807, 2.05) is 24.3 Å². The Kier molecular flexibility index (Phi) is 4.98. The summed E-state index contributed by atoms with van der Waals surface area (Å²) in [5.41, 5.74) is 1.08. The number of nitrogens with zero attached hydrogens (tertiary/aromatic N) is 2. The van der Waals surface area contributed by atoms with Gasteiger partial charge in [0, 0.05) is 19.7 Å². The minimum Gasteiger partial charge on any atom is -0.493 e. The Morgan fingerprint density at radius 1 is 1.40 bits per heavy atom. The van der Waals surface area contributed by atoms with E-state index in [0.29, 0.717) is 6.61 Å². The minimum absolute atomic E-state index is 0.0227. The Morgan fingerprint density at radius 3 is 2.85 bits per heavy atom. The molecule has 0 spiro atoms. The Hall–Kier alpha value is -1.59. The highest BCUT2D eigenvalue weighted by atomic mass is 16.7. The molecular weight excluding hydrogens is 256 g/mol. The van der Waals surface area contributed by atoms with Gasteiger partial charge in [-0.15, -0.1) is 0 Å². The predicted molar refractivity (Wildman–Crippen MR) is 76.3 cm³/mol. The first kappa shape index (κ1) is 14.8. The highest BCUT2D eigenvalue weighted by molar-refractivity contribution is 5.77. The number of benzene rings is 1.